The van der Waals surface area contributed by atoms with Gasteiger partial charge in [-0.1, -0.05) is 0 Å². The molecule has 0 bridgehead atoms. The van der Waals surface area contributed by atoms with Crippen molar-refractivity contribution in [2.24, 2.45) is 5.92 Å². The predicted molar refractivity (Wildman–Crippen MR) is 71.3 cm³/mol. The minimum Gasteiger partial charge on any atom is -0.307 e. The molecule has 0 amide bonds. The van der Waals surface area contributed by atoms with E-state index >= 15 is 0 Å². The van der Waals surface area contributed by atoms with Gasteiger partial charge in [-0.15, -0.1) is 0 Å². The van der Waals surface area contributed by atoms with E-state index in [-0.39, 0.29) is 24.9 Å². The number of nitrogens with one attached hydrogen (secondary N) is 1. The summed E-state index contributed by atoms with van der Waals surface area (Å²) in [6.07, 6.45) is 1.44. The SMILES string of the molecule is CCn1cc(C(C)NC2CCC(C(F)(F)F)CC2)cn1. The third kappa shape index (κ3) is 3.75. The second kappa shape index (κ2) is 6.16. The molecular formula is C14H22F3N3. The van der Waals surface area contributed by atoms with Crippen molar-refractivity contribution in [1.82, 2.24) is 15.1 Å². The van der Waals surface area contributed by atoms with Crippen molar-refractivity contribution in [1.29, 1.82) is 0 Å². The zero-order valence-electron chi connectivity index (χ0n) is 12.0. The summed E-state index contributed by atoms with van der Waals surface area (Å²) in [4.78, 5) is 0. The summed E-state index contributed by atoms with van der Waals surface area (Å²) in [5.74, 6) is -1.11. The van der Waals surface area contributed by atoms with Crippen LogP contribution in [-0.2, 0) is 6.54 Å². The van der Waals surface area contributed by atoms with Crippen LogP contribution in [0.4, 0.5) is 13.2 Å². The Hall–Kier alpha value is -1.04. The molecule has 1 aliphatic rings. The van der Waals surface area contributed by atoms with Crippen molar-refractivity contribution in [3.05, 3.63) is 18.0 Å². The molecule has 6 heteroatoms. The van der Waals surface area contributed by atoms with E-state index in [9.17, 15) is 13.2 Å². The zero-order valence-corrected chi connectivity index (χ0v) is 12.0. The first-order chi connectivity index (χ1) is 9.40. The monoisotopic (exact) mass is 289 g/mol. The summed E-state index contributed by atoms with van der Waals surface area (Å²) in [6, 6.07) is 0.302. The van der Waals surface area contributed by atoms with Crippen molar-refractivity contribution < 1.29 is 13.2 Å². The second-order valence-corrected chi connectivity index (χ2v) is 5.61. The van der Waals surface area contributed by atoms with Crippen molar-refractivity contribution in [3.63, 3.8) is 0 Å². The van der Waals surface area contributed by atoms with Crippen LogP contribution in [-0.4, -0.2) is 22.0 Å². The Labute approximate surface area is 117 Å². The van der Waals surface area contributed by atoms with Crippen molar-refractivity contribution >= 4 is 0 Å². The standard InChI is InChI=1S/C14H22F3N3/c1-3-20-9-11(8-18-20)10(2)19-13-6-4-12(5-7-13)14(15,16)17/h8-10,12-13,19H,3-7H2,1-2H3. The van der Waals surface area contributed by atoms with E-state index < -0.39 is 12.1 Å². The number of aromatic nitrogens is 2. The largest absolute Gasteiger partial charge is 0.391 e. The van der Waals surface area contributed by atoms with E-state index in [2.05, 4.69) is 10.4 Å². The number of nitrogens with zero attached hydrogens (tertiary/aromatic N) is 2. The first kappa shape index (κ1) is 15.4. The molecule has 20 heavy (non-hydrogen) atoms. The van der Waals surface area contributed by atoms with Gasteiger partial charge in [0.25, 0.3) is 0 Å². The van der Waals surface area contributed by atoms with Gasteiger partial charge in [-0.25, -0.2) is 0 Å². The summed E-state index contributed by atoms with van der Waals surface area (Å²) < 4.78 is 39.7. The van der Waals surface area contributed by atoms with Crippen LogP contribution in [0.15, 0.2) is 12.4 Å². The van der Waals surface area contributed by atoms with Crippen molar-refractivity contribution in [2.75, 3.05) is 0 Å². The molecule has 0 aromatic carbocycles. The molecule has 1 fully saturated rings. The van der Waals surface area contributed by atoms with Crippen LogP contribution in [0.5, 0.6) is 0 Å². The molecule has 1 unspecified atom stereocenters. The van der Waals surface area contributed by atoms with Gasteiger partial charge in [0.2, 0.25) is 0 Å². The van der Waals surface area contributed by atoms with Gasteiger partial charge in [0, 0.05) is 30.4 Å². The molecule has 0 radical (unpaired) electrons. The number of halogens is 3. The van der Waals surface area contributed by atoms with Crippen molar-refractivity contribution in [3.8, 4) is 0 Å². The Bertz CT molecular complexity index is 420. The van der Waals surface area contributed by atoms with Crippen LogP contribution < -0.4 is 5.32 Å². The third-order valence-electron chi connectivity index (χ3n) is 4.15. The fraction of sp³-hybridized carbons (Fsp3) is 0.786. The summed E-state index contributed by atoms with van der Waals surface area (Å²) in [7, 11) is 0. The maximum absolute atomic E-state index is 12.6. The predicted octanol–water partition coefficient (Wildman–Crippen LogP) is 3.67. The lowest BCUT2D eigenvalue weighted by atomic mass is 9.85. The average molecular weight is 289 g/mol. The molecule has 3 nitrogen and oxygen atoms in total. The summed E-state index contributed by atoms with van der Waals surface area (Å²) >= 11 is 0. The molecular weight excluding hydrogens is 267 g/mol. The summed E-state index contributed by atoms with van der Waals surface area (Å²) in [5.41, 5.74) is 1.09. The van der Waals surface area contributed by atoms with Gasteiger partial charge in [-0.05, 0) is 39.5 Å². The Morgan fingerprint density at radius 1 is 1.35 bits per heavy atom. The molecule has 0 aliphatic heterocycles. The fourth-order valence-electron chi connectivity index (χ4n) is 2.81. The maximum atomic E-state index is 12.6. The van der Waals surface area contributed by atoms with Gasteiger partial charge < -0.3 is 5.32 Å². The number of rotatable bonds is 4. The quantitative estimate of drug-likeness (QED) is 0.916. The second-order valence-electron chi connectivity index (χ2n) is 5.61. The minimum atomic E-state index is -4.03. The van der Waals surface area contributed by atoms with Crippen LogP contribution in [0.25, 0.3) is 0 Å². The Balaban J connectivity index is 1.83. The Kier molecular flexibility index (Phi) is 4.73. The third-order valence-corrected chi connectivity index (χ3v) is 4.15. The molecule has 0 saturated heterocycles. The fourth-order valence-corrected chi connectivity index (χ4v) is 2.81. The lowest BCUT2D eigenvalue weighted by Crippen LogP contribution is -2.38. The zero-order chi connectivity index (χ0) is 14.8. The number of hydrogen-bond acceptors (Lipinski definition) is 2. The van der Waals surface area contributed by atoms with E-state index in [1.807, 2.05) is 30.9 Å². The van der Waals surface area contributed by atoms with Crippen LogP contribution in [0, 0.1) is 5.92 Å². The average Bonchev–Trinajstić information content (AvgIpc) is 2.87. The Morgan fingerprint density at radius 3 is 2.50 bits per heavy atom. The molecule has 1 saturated carbocycles. The normalized spacial score (nSPS) is 25.6. The van der Waals surface area contributed by atoms with Crippen LogP contribution >= 0.6 is 0 Å². The molecule has 1 N–H and O–H groups in total. The van der Waals surface area contributed by atoms with E-state index in [1.54, 1.807) is 0 Å². The lowest BCUT2D eigenvalue weighted by molar-refractivity contribution is -0.182. The summed E-state index contributed by atoms with van der Waals surface area (Å²) in [6.45, 7) is 4.88. The van der Waals surface area contributed by atoms with Crippen LogP contribution in [0.3, 0.4) is 0 Å². The maximum Gasteiger partial charge on any atom is 0.391 e. The van der Waals surface area contributed by atoms with E-state index in [1.165, 1.54) is 0 Å². The molecule has 2 rings (SSSR count). The summed E-state index contributed by atoms with van der Waals surface area (Å²) in [5, 5.41) is 7.64. The minimum absolute atomic E-state index is 0.128. The first-order valence-corrected chi connectivity index (χ1v) is 7.25. The molecule has 1 heterocycles. The highest BCUT2D eigenvalue weighted by molar-refractivity contribution is 5.09. The molecule has 1 atom stereocenters. The van der Waals surface area contributed by atoms with Gasteiger partial charge in [-0.2, -0.15) is 18.3 Å². The molecule has 1 aromatic heterocycles. The van der Waals surface area contributed by atoms with Crippen molar-refractivity contribution in [2.45, 2.75) is 64.3 Å². The molecule has 0 spiro atoms. The van der Waals surface area contributed by atoms with Gasteiger partial charge in [0.15, 0.2) is 0 Å². The Morgan fingerprint density at radius 2 is 2.00 bits per heavy atom. The topological polar surface area (TPSA) is 29.9 Å². The van der Waals surface area contributed by atoms with E-state index in [0.717, 1.165) is 12.1 Å². The molecule has 114 valence electrons. The number of alkyl halides is 3. The smallest absolute Gasteiger partial charge is 0.307 e. The molecule has 1 aliphatic carbocycles. The van der Waals surface area contributed by atoms with Gasteiger partial charge in [0.1, 0.15) is 0 Å². The van der Waals surface area contributed by atoms with Gasteiger partial charge in [0.05, 0.1) is 12.1 Å². The van der Waals surface area contributed by atoms with Gasteiger partial charge >= 0.3 is 6.18 Å². The highest BCUT2D eigenvalue weighted by Crippen LogP contribution is 2.37. The number of hydrogen-bond donors (Lipinski definition) is 1. The molecule has 1 aromatic rings. The number of aryl methyl sites for hydroxylation is 1. The van der Waals surface area contributed by atoms with E-state index in [0.29, 0.717) is 12.8 Å². The first-order valence-electron chi connectivity index (χ1n) is 7.25. The lowest BCUT2D eigenvalue weighted by Gasteiger charge is -2.32. The van der Waals surface area contributed by atoms with Crippen LogP contribution in [0.2, 0.25) is 0 Å². The van der Waals surface area contributed by atoms with Crippen LogP contribution in [0.1, 0.15) is 51.1 Å². The van der Waals surface area contributed by atoms with Gasteiger partial charge in [-0.3, -0.25) is 4.68 Å². The highest BCUT2D eigenvalue weighted by atomic mass is 19.4. The highest BCUT2D eigenvalue weighted by Gasteiger charge is 2.41. The van der Waals surface area contributed by atoms with E-state index in [4.69, 9.17) is 0 Å².